The molecule has 2 N–H and O–H groups in total. The number of piperidine rings is 1. The number of nitrogen functional groups attached to an aromatic ring is 1. The van der Waals surface area contributed by atoms with E-state index in [4.69, 9.17) is 5.73 Å². The molecule has 1 aromatic carbocycles. The molecule has 0 amide bonds. The third-order valence-electron chi connectivity index (χ3n) is 4.87. The summed E-state index contributed by atoms with van der Waals surface area (Å²) >= 11 is 0. The Morgan fingerprint density at radius 1 is 1.17 bits per heavy atom. The summed E-state index contributed by atoms with van der Waals surface area (Å²) < 4.78 is 0. The van der Waals surface area contributed by atoms with Crippen LogP contribution in [0.25, 0.3) is 11.6 Å². The van der Waals surface area contributed by atoms with Gasteiger partial charge < -0.3 is 10.6 Å². The zero-order valence-electron chi connectivity index (χ0n) is 16.0. The number of nitriles is 3. The summed E-state index contributed by atoms with van der Waals surface area (Å²) in [7, 11) is 0. The van der Waals surface area contributed by atoms with Crippen molar-refractivity contribution in [1.82, 2.24) is 4.98 Å². The number of pyridine rings is 1. The number of anilines is 2. The van der Waals surface area contributed by atoms with Crippen molar-refractivity contribution in [3.63, 3.8) is 0 Å². The minimum Gasteiger partial charge on any atom is -0.383 e. The van der Waals surface area contributed by atoms with E-state index in [2.05, 4.69) is 11.1 Å². The lowest BCUT2D eigenvalue weighted by Gasteiger charge is -2.29. The molecule has 148 valence electrons. The molecule has 0 unspecified atom stereocenters. The molecule has 2 aromatic rings. The normalized spacial score (nSPS) is 13.8. The minimum atomic E-state index is -0.538. The van der Waals surface area contributed by atoms with E-state index in [1.807, 2.05) is 17.0 Å². The Kier molecular flexibility index (Phi) is 5.91. The number of rotatable bonds is 4. The summed E-state index contributed by atoms with van der Waals surface area (Å²) in [6.45, 7) is 1.39. The van der Waals surface area contributed by atoms with Gasteiger partial charge in [-0.3, -0.25) is 10.1 Å². The number of benzene rings is 1. The van der Waals surface area contributed by atoms with Gasteiger partial charge in [-0.05, 0) is 30.9 Å². The number of nitrogens with zero attached hydrogens (tertiary/aromatic N) is 6. The molecular weight excluding hydrogens is 382 g/mol. The second kappa shape index (κ2) is 8.72. The molecule has 0 saturated carbocycles. The predicted molar refractivity (Wildman–Crippen MR) is 111 cm³/mol. The minimum absolute atomic E-state index is 0.0101. The average molecular weight is 399 g/mol. The van der Waals surface area contributed by atoms with Gasteiger partial charge >= 0.3 is 0 Å². The molecule has 1 aliphatic rings. The second-order valence-electron chi connectivity index (χ2n) is 6.74. The van der Waals surface area contributed by atoms with Gasteiger partial charge in [0.15, 0.2) is 0 Å². The first-order chi connectivity index (χ1) is 14.5. The molecule has 9 heteroatoms. The fraction of sp³-hybridized carbons (Fsp3) is 0.238. The van der Waals surface area contributed by atoms with Crippen LogP contribution in [0.15, 0.2) is 24.3 Å². The van der Waals surface area contributed by atoms with Gasteiger partial charge in [-0.15, -0.1) is 0 Å². The Morgan fingerprint density at radius 3 is 2.47 bits per heavy atom. The van der Waals surface area contributed by atoms with E-state index in [-0.39, 0.29) is 33.8 Å². The maximum atomic E-state index is 11.0. The molecule has 0 atom stereocenters. The van der Waals surface area contributed by atoms with Gasteiger partial charge in [-0.25, -0.2) is 4.98 Å². The fourth-order valence-electron chi connectivity index (χ4n) is 3.47. The first kappa shape index (κ1) is 20.3. The highest BCUT2D eigenvalue weighted by atomic mass is 16.6. The van der Waals surface area contributed by atoms with Crippen molar-refractivity contribution in [1.29, 1.82) is 15.8 Å². The lowest BCUT2D eigenvalue weighted by Crippen LogP contribution is -2.31. The number of aromatic nitrogens is 1. The summed E-state index contributed by atoms with van der Waals surface area (Å²) in [6.07, 6.45) is 4.36. The van der Waals surface area contributed by atoms with Crippen molar-refractivity contribution in [3.05, 3.63) is 56.6 Å². The number of allylic oxidation sites excluding steroid dienone is 1. The van der Waals surface area contributed by atoms with Crippen molar-refractivity contribution >= 4 is 29.0 Å². The Morgan fingerprint density at radius 2 is 1.87 bits per heavy atom. The second-order valence-corrected chi connectivity index (χ2v) is 6.74. The third kappa shape index (κ3) is 3.89. The molecule has 2 heterocycles. The quantitative estimate of drug-likeness (QED) is 0.465. The smallest absolute Gasteiger partial charge is 0.270 e. The SMILES string of the molecule is N#C/C(=C\c1cccc([N+](=O)[O-])c1)c1c(C#N)c(N)nc(N2CCCCC2)c1C#N. The van der Waals surface area contributed by atoms with Gasteiger partial charge in [0, 0.05) is 30.8 Å². The molecule has 0 aliphatic carbocycles. The zero-order chi connectivity index (χ0) is 21.7. The fourth-order valence-corrected chi connectivity index (χ4v) is 3.47. The average Bonchev–Trinajstić information content (AvgIpc) is 2.77. The number of hydrogen-bond donors (Lipinski definition) is 1. The van der Waals surface area contributed by atoms with Crippen molar-refractivity contribution in [2.24, 2.45) is 0 Å². The summed E-state index contributed by atoms with van der Waals surface area (Å²) in [5, 5.41) is 40.4. The van der Waals surface area contributed by atoms with Crippen LogP contribution in [0, 0.1) is 44.1 Å². The predicted octanol–water partition coefficient (Wildman–Crippen LogP) is 3.37. The molecule has 1 fully saturated rings. The molecule has 3 rings (SSSR count). The van der Waals surface area contributed by atoms with Crippen LogP contribution in [0.1, 0.15) is 41.5 Å². The standard InChI is InChI=1S/C21H17N7O2/c22-11-15(9-14-5-4-6-16(10-14)28(29)30)19-17(12-23)20(25)26-21(18(19)13-24)27-7-2-1-3-8-27/h4-6,9-10H,1-3,7-8H2,(H2,25,26)/b15-9+. The van der Waals surface area contributed by atoms with E-state index >= 15 is 0 Å². The highest BCUT2D eigenvalue weighted by molar-refractivity contribution is 5.96. The highest BCUT2D eigenvalue weighted by Crippen LogP contribution is 2.34. The molecule has 0 spiro atoms. The van der Waals surface area contributed by atoms with Crippen LogP contribution < -0.4 is 10.6 Å². The van der Waals surface area contributed by atoms with Crippen LogP contribution in [0.3, 0.4) is 0 Å². The van der Waals surface area contributed by atoms with Gasteiger partial charge in [-0.1, -0.05) is 12.1 Å². The monoisotopic (exact) mass is 399 g/mol. The molecule has 9 nitrogen and oxygen atoms in total. The first-order valence-corrected chi connectivity index (χ1v) is 9.25. The molecule has 0 radical (unpaired) electrons. The maximum Gasteiger partial charge on any atom is 0.270 e. The van der Waals surface area contributed by atoms with Gasteiger partial charge in [0.25, 0.3) is 5.69 Å². The maximum absolute atomic E-state index is 11.0. The largest absolute Gasteiger partial charge is 0.383 e. The van der Waals surface area contributed by atoms with Crippen molar-refractivity contribution < 1.29 is 4.92 Å². The molecular formula is C21H17N7O2. The van der Waals surface area contributed by atoms with Crippen LogP contribution in [0.2, 0.25) is 0 Å². The zero-order valence-corrected chi connectivity index (χ0v) is 16.0. The van der Waals surface area contributed by atoms with Crippen LogP contribution in [-0.4, -0.2) is 23.0 Å². The van der Waals surface area contributed by atoms with Crippen LogP contribution >= 0.6 is 0 Å². The first-order valence-electron chi connectivity index (χ1n) is 9.25. The van der Waals surface area contributed by atoms with E-state index in [0.29, 0.717) is 24.5 Å². The summed E-state index contributed by atoms with van der Waals surface area (Å²) in [6, 6.07) is 11.8. The van der Waals surface area contributed by atoms with Crippen molar-refractivity contribution in [3.8, 4) is 18.2 Å². The van der Waals surface area contributed by atoms with E-state index in [1.54, 1.807) is 6.07 Å². The van der Waals surface area contributed by atoms with Crippen molar-refractivity contribution in [2.45, 2.75) is 19.3 Å². The van der Waals surface area contributed by atoms with Crippen LogP contribution in [-0.2, 0) is 0 Å². The topological polar surface area (TPSA) is 157 Å². The molecule has 1 aromatic heterocycles. The number of nitro groups is 1. The Hall–Kier alpha value is -4.42. The third-order valence-corrected chi connectivity index (χ3v) is 4.87. The van der Waals surface area contributed by atoms with E-state index in [9.17, 15) is 25.9 Å². The number of hydrogen-bond acceptors (Lipinski definition) is 8. The van der Waals surface area contributed by atoms with Crippen LogP contribution in [0.5, 0.6) is 0 Å². The molecule has 1 aliphatic heterocycles. The Balaban J connectivity index is 2.24. The highest BCUT2D eigenvalue weighted by Gasteiger charge is 2.25. The van der Waals surface area contributed by atoms with Gasteiger partial charge in [-0.2, -0.15) is 15.8 Å². The van der Waals surface area contributed by atoms with E-state index in [0.717, 1.165) is 19.3 Å². The lowest BCUT2D eigenvalue weighted by atomic mass is 9.94. The Labute approximate surface area is 173 Å². The molecule has 30 heavy (non-hydrogen) atoms. The van der Waals surface area contributed by atoms with E-state index < -0.39 is 4.92 Å². The number of nitro benzene ring substituents is 1. The summed E-state index contributed by atoms with van der Waals surface area (Å²) in [5.74, 6) is 0.288. The lowest BCUT2D eigenvalue weighted by molar-refractivity contribution is -0.384. The van der Waals surface area contributed by atoms with Crippen LogP contribution in [0.4, 0.5) is 17.3 Å². The number of non-ortho nitro benzene ring substituents is 1. The van der Waals surface area contributed by atoms with Gasteiger partial charge in [0.05, 0.1) is 16.6 Å². The molecule has 1 saturated heterocycles. The van der Waals surface area contributed by atoms with Gasteiger partial charge in [0.1, 0.15) is 34.9 Å². The number of nitrogens with two attached hydrogens (primary N) is 1. The Bertz CT molecular complexity index is 1160. The molecule has 0 bridgehead atoms. The summed E-state index contributed by atoms with van der Waals surface area (Å²) in [4.78, 5) is 16.7. The van der Waals surface area contributed by atoms with E-state index in [1.165, 1.54) is 24.3 Å². The van der Waals surface area contributed by atoms with Crippen molar-refractivity contribution in [2.75, 3.05) is 23.7 Å². The summed E-state index contributed by atoms with van der Waals surface area (Å²) in [5.41, 5.74) is 6.42. The van der Waals surface area contributed by atoms with Gasteiger partial charge in [0.2, 0.25) is 0 Å².